The summed E-state index contributed by atoms with van der Waals surface area (Å²) < 4.78 is 9.56. The van der Waals surface area contributed by atoms with Gasteiger partial charge in [0.05, 0.1) is 6.26 Å². The highest BCUT2D eigenvalue weighted by Crippen LogP contribution is 2.20. The topological polar surface area (TPSA) is 35.5 Å². The van der Waals surface area contributed by atoms with Crippen LogP contribution in [0.5, 0.6) is 5.75 Å². The molecule has 0 heterocycles. The molecule has 0 aliphatic carbocycles. The molecule has 0 saturated heterocycles. The number of aryl methyl sites for hydroxylation is 1. The minimum atomic E-state index is -0.751. The summed E-state index contributed by atoms with van der Waals surface area (Å²) in [6.45, 7) is 5.41. The van der Waals surface area contributed by atoms with Crippen molar-refractivity contribution < 1.29 is 14.3 Å². The monoisotopic (exact) mass is 220 g/mol. The summed E-state index contributed by atoms with van der Waals surface area (Å²) in [6.07, 6.45) is 3.37. The molecule has 0 aromatic heterocycles. The first-order chi connectivity index (χ1) is 7.77. The molecule has 86 valence electrons. The number of hydrogen-bond acceptors (Lipinski definition) is 3. The molecule has 0 saturated carbocycles. The van der Waals surface area contributed by atoms with Gasteiger partial charge in [0.2, 0.25) is 0 Å². The molecule has 1 aromatic rings. The number of para-hydroxylation sites is 1. The molecule has 0 fully saturated rings. The Kier molecular flexibility index (Phi) is 5.12. The van der Waals surface area contributed by atoms with Gasteiger partial charge in [-0.1, -0.05) is 38.1 Å². The second-order valence-corrected chi connectivity index (χ2v) is 3.35. The molecule has 3 heteroatoms. The molecule has 0 radical (unpaired) electrons. The molecular weight excluding hydrogens is 204 g/mol. The number of ether oxygens (including phenoxy) is 2. The predicted molar refractivity (Wildman–Crippen MR) is 62.4 cm³/mol. The molecule has 0 aliphatic heterocycles. The summed E-state index contributed by atoms with van der Waals surface area (Å²) in [5.74, 6) is 0.558. The lowest BCUT2D eigenvalue weighted by atomic mass is 10.1. The molecule has 0 N–H and O–H groups in total. The van der Waals surface area contributed by atoms with Crippen LogP contribution in [0.25, 0.3) is 0 Å². The third kappa shape index (κ3) is 3.77. The smallest absolute Gasteiger partial charge is 0.403 e. The summed E-state index contributed by atoms with van der Waals surface area (Å²) in [7, 11) is 0. The second kappa shape index (κ2) is 6.67. The predicted octanol–water partition coefficient (Wildman–Crippen LogP) is 3.69. The lowest BCUT2D eigenvalue weighted by Gasteiger charge is -2.08. The van der Waals surface area contributed by atoms with Gasteiger partial charge in [0.15, 0.2) is 0 Å². The maximum atomic E-state index is 11.1. The van der Waals surface area contributed by atoms with Gasteiger partial charge in [0.25, 0.3) is 0 Å². The van der Waals surface area contributed by atoms with E-state index in [1.165, 1.54) is 0 Å². The lowest BCUT2D eigenvalue weighted by molar-refractivity contribution is 0.135. The van der Waals surface area contributed by atoms with Crippen LogP contribution in [0.3, 0.4) is 0 Å². The quantitative estimate of drug-likeness (QED) is 0.431. The zero-order chi connectivity index (χ0) is 11.8. The van der Waals surface area contributed by atoms with E-state index in [0.29, 0.717) is 5.75 Å². The first-order valence-corrected chi connectivity index (χ1v) is 5.35. The summed E-state index contributed by atoms with van der Waals surface area (Å²) in [4.78, 5) is 11.1. The summed E-state index contributed by atoms with van der Waals surface area (Å²) in [5.41, 5.74) is 1.02. The van der Waals surface area contributed by atoms with Crippen LogP contribution in [0.2, 0.25) is 0 Å². The Labute approximate surface area is 95.7 Å². The fraction of sp³-hybridized carbons (Fsp3) is 0.308. The van der Waals surface area contributed by atoms with Crippen molar-refractivity contribution in [2.75, 3.05) is 0 Å². The highest BCUT2D eigenvalue weighted by atomic mass is 16.7. The third-order valence-electron chi connectivity index (χ3n) is 2.15. The molecule has 1 rings (SSSR count). The Hall–Kier alpha value is -1.77. The van der Waals surface area contributed by atoms with Crippen LogP contribution in [-0.2, 0) is 11.2 Å². The van der Waals surface area contributed by atoms with Gasteiger partial charge in [-0.3, -0.25) is 0 Å². The van der Waals surface area contributed by atoms with Gasteiger partial charge >= 0.3 is 6.16 Å². The number of hydrogen-bond donors (Lipinski definition) is 0. The molecule has 0 unspecified atom stereocenters. The van der Waals surface area contributed by atoms with Crippen LogP contribution in [0.1, 0.15) is 25.3 Å². The fourth-order valence-corrected chi connectivity index (χ4v) is 1.36. The van der Waals surface area contributed by atoms with Crippen LogP contribution < -0.4 is 4.74 Å². The molecule has 1 aromatic carbocycles. The lowest BCUT2D eigenvalue weighted by Crippen LogP contribution is -2.08. The van der Waals surface area contributed by atoms with Crippen molar-refractivity contribution in [3.63, 3.8) is 0 Å². The van der Waals surface area contributed by atoms with Crippen LogP contribution >= 0.6 is 0 Å². The number of unbranched alkanes of at least 4 members (excludes halogenated alkanes) is 1. The van der Waals surface area contributed by atoms with Crippen LogP contribution in [0.4, 0.5) is 4.79 Å². The van der Waals surface area contributed by atoms with Gasteiger partial charge < -0.3 is 9.47 Å². The third-order valence-corrected chi connectivity index (χ3v) is 2.15. The maximum Gasteiger partial charge on any atom is 0.518 e. The van der Waals surface area contributed by atoms with Gasteiger partial charge in [0.1, 0.15) is 5.75 Å². The number of carbonyl (C=O) groups is 1. The van der Waals surface area contributed by atoms with E-state index in [1.807, 2.05) is 18.2 Å². The molecular formula is C13H16O3. The molecule has 0 aliphatic rings. The average Bonchev–Trinajstić information content (AvgIpc) is 2.28. The average molecular weight is 220 g/mol. The first kappa shape index (κ1) is 12.3. The number of rotatable bonds is 5. The summed E-state index contributed by atoms with van der Waals surface area (Å²) in [6, 6.07) is 7.46. The van der Waals surface area contributed by atoms with Gasteiger partial charge in [-0.2, -0.15) is 0 Å². The normalized spacial score (nSPS) is 9.56. The first-order valence-electron chi connectivity index (χ1n) is 5.35. The zero-order valence-electron chi connectivity index (χ0n) is 9.44. The molecule has 16 heavy (non-hydrogen) atoms. The van der Waals surface area contributed by atoms with Gasteiger partial charge in [-0.05, 0) is 24.5 Å². The van der Waals surface area contributed by atoms with E-state index >= 15 is 0 Å². The number of benzene rings is 1. The Morgan fingerprint density at radius 3 is 2.88 bits per heavy atom. The van der Waals surface area contributed by atoms with Crippen molar-refractivity contribution in [3.05, 3.63) is 42.7 Å². The van der Waals surface area contributed by atoms with Crippen molar-refractivity contribution in [1.29, 1.82) is 0 Å². The van der Waals surface area contributed by atoms with E-state index in [2.05, 4.69) is 18.2 Å². The Balaban J connectivity index is 2.70. The van der Waals surface area contributed by atoms with Gasteiger partial charge in [-0.15, -0.1) is 0 Å². The molecule has 0 atom stereocenters. The molecule has 0 spiro atoms. The summed E-state index contributed by atoms with van der Waals surface area (Å²) in [5, 5.41) is 0. The molecule has 3 nitrogen and oxygen atoms in total. The second-order valence-electron chi connectivity index (χ2n) is 3.35. The summed E-state index contributed by atoms with van der Waals surface area (Å²) >= 11 is 0. The number of carbonyl (C=O) groups excluding carboxylic acids is 1. The van der Waals surface area contributed by atoms with Crippen molar-refractivity contribution >= 4 is 6.16 Å². The minimum Gasteiger partial charge on any atom is -0.403 e. The van der Waals surface area contributed by atoms with Crippen molar-refractivity contribution in [2.24, 2.45) is 0 Å². The molecule has 0 bridgehead atoms. The Bertz CT molecular complexity index is 358. The highest BCUT2D eigenvalue weighted by Gasteiger charge is 2.08. The van der Waals surface area contributed by atoms with Crippen molar-refractivity contribution in [3.8, 4) is 5.75 Å². The highest BCUT2D eigenvalue weighted by molar-refractivity contribution is 5.65. The SMILES string of the molecule is C=COC(=O)Oc1ccccc1CCCC. The van der Waals surface area contributed by atoms with E-state index < -0.39 is 6.16 Å². The maximum absolute atomic E-state index is 11.1. The largest absolute Gasteiger partial charge is 0.518 e. The van der Waals surface area contributed by atoms with Crippen LogP contribution in [0, 0.1) is 0 Å². The van der Waals surface area contributed by atoms with E-state index in [4.69, 9.17) is 4.74 Å². The van der Waals surface area contributed by atoms with Crippen molar-refractivity contribution in [1.82, 2.24) is 0 Å². The Morgan fingerprint density at radius 2 is 2.19 bits per heavy atom. The van der Waals surface area contributed by atoms with Crippen LogP contribution in [0.15, 0.2) is 37.1 Å². The van der Waals surface area contributed by atoms with Gasteiger partial charge in [0, 0.05) is 0 Å². The fourth-order valence-electron chi connectivity index (χ4n) is 1.36. The van der Waals surface area contributed by atoms with E-state index in [1.54, 1.807) is 6.07 Å². The molecule has 0 amide bonds. The standard InChI is InChI=1S/C13H16O3/c1-3-5-8-11-9-6-7-10-12(11)16-13(14)15-4-2/h4,6-7,9-10H,2-3,5,8H2,1H3. The Morgan fingerprint density at radius 1 is 1.44 bits per heavy atom. The zero-order valence-corrected chi connectivity index (χ0v) is 9.44. The van der Waals surface area contributed by atoms with Crippen molar-refractivity contribution in [2.45, 2.75) is 26.2 Å². The van der Waals surface area contributed by atoms with E-state index in [9.17, 15) is 4.79 Å². The van der Waals surface area contributed by atoms with E-state index in [0.717, 1.165) is 31.1 Å². The van der Waals surface area contributed by atoms with E-state index in [-0.39, 0.29) is 0 Å². The minimum absolute atomic E-state index is 0.558. The van der Waals surface area contributed by atoms with Gasteiger partial charge in [-0.25, -0.2) is 4.79 Å². The van der Waals surface area contributed by atoms with Crippen LogP contribution in [-0.4, -0.2) is 6.16 Å².